The quantitative estimate of drug-likeness (QED) is 0.113. The highest BCUT2D eigenvalue weighted by Crippen LogP contribution is 2.38. The zero-order valence-electron chi connectivity index (χ0n) is 27.1. The molecule has 11 atom stereocenters. The fourth-order valence-corrected chi connectivity index (χ4v) is 5.84. The largest absolute Gasteiger partial charge is 0.462 e. The van der Waals surface area contributed by atoms with Gasteiger partial charge in [-0.3, -0.25) is 0 Å². The molecule has 12 heteroatoms. The van der Waals surface area contributed by atoms with Crippen molar-refractivity contribution in [1.82, 2.24) is 0 Å². The van der Waals surface area contributed by atoms with Crippen molar-refractivity contribution in [3.05, 3.63) is 23.3 Å². The number of ether oxygens (including phenoxy) is 4. The fraction of sp³-hybridized carbons (Fsp3) is 0.818. The molecule has 0 unspecified atom stereocenters. The van der Waals surface area contributed by atoms with Crippen molar-refractivity contribution in [2.24, 2.45) is 11.8 Å². The van der Waals surface area contributed by atoms with Gasteiger partial charge >= 0.3 is 0 Å². The molecule has 0 amide bonds. The SMILES string of the molecule is CCCCCc1cc(O[C@@H]2O[C@H](CO)[C@@H](O)[C@H](O)[C@H]2O)c(CC[C@@H](C)CCCC(C)C)c(O[C@@H]2O[C@H](CO)[C@@H](O)[C@H](O)[C@H]2O)c1. The highest BCUT2D eigenvalue weighted by Gasteiger charge is 2.46. The molecule has 3 rings (SSSR count). The van der Waals surface area contributed by atoms with Gasteiger partial charge in [-0.25, -0.2) is 0 Å². The first kappa shape index (κ1) is 37.9. The molecule has 0 spiro atoms. The Kier molecular flexibility index (Phi) is 15.2. The predicted octanol–water partition coefficient (Wildman–Crippen LogP) is 1.17. The van der Waals surface area contributed by atoms with E-state index in [1.807, 2.05) is 12.1 Å². The molecule has 2 fully saturated rings. The number of benzene rings is 1. The molecular weight excluding hydrogens is 588 g/mol. The van der Waals surface area contributed by atoms with E-state index in [-0.39, 0.29) is 0 Å². The van der Waals surface area contributed by atoms with Crippen LogP contribution in [0.1, 0.15) is 83.8 Å². The number of hydrogen-bond donors (Lipinski definition) is 8. The summed E-state index contributed by atoms with van der Waals surface area (Å²) in [4.78, 5) is 0. The van der Waals surface area contributed by atoms with Crippen molar-refractivity contribution in [2.45, 2.75) is 147 Å². The van der Waals surface area contributed by atoms with Gasteiger partial charge in [-0.15, -0.1) is 0 Å². The fourth-order valence-electron chi connectivity index (χ4n) is 5.84. The zero-order chi connectivity index (χ0) is 33.3. The Bertz CT molecular complexity index is 945. The second-order valence-electron chi connectivity index (χ2n) is 13.1. The van der Waals surface area contributed by atoms with E-state index in [1.165, 1.54) is 0 Å². The standard InChI is InChI=1S/C33H56O12/c1-5-6-7-11-20-14-22(42-32-30(40)28(38)26(36)24(16-34)44-32)21(13-12-19(4)10-8-9-18(2)3)23(15-20)43-33-31(41)29(39)27(37)25(17-35)45-33/h14-15,18-19,24-41H,5-13,16-17H2,1-4H3/t19-,24+,25+,26+,27+,28-,29-,30+,31+,32+,33+/m0/s1. The molecule has 0 bridgehead atoms. The maximum Gasteiger partial charge on any atom is 0.229 e. The molecule has 1 aromatic carbocycles. The van der Waals surface area contributed by atoms with E-state index in [0.717, 1.165) is 50.5 Å². The maximum atomic E-state index is 10.8. The van der Waals surface area contributed by atoms with Gasteiger partial charge in [0.05, 0.1) is 13.2 Å². The van der Waals surface area contributed by atoms with Gasteiger partial charge in [0.15, 0.2) is 0 Å². The Balaban J connectivity index is 2.00. The molecular formula is C33H56O12. The van der Waals surface area contributed by atoms with Crippen LogP contribution in [0.15, 0.2) is 12.1 Å². The predicted molar refractivity (Wildman–Crippen MR) is 165 cm³/mol. The van der Waals surface area contributed by atoms with Crippen LogP contribution >= 0.6 is 0 Å². The van der Waals surface area contributed by atoms with Gasteiger partial charge in [0.1, 0.15) is 60.3 Å². The van der Waals surface area contributed by atoms with E-state index in [0.29, 0.717) is 41.7 Å². The van der Waals surface area contributed by atoms with Gasteiger partial charge in [0, 0.05) is 5.56 Å². The summed E-state index contributed by atoms with van der Waals surface area (Å²) in [5.41, 5.74) is 1.38. The van der Waals surface area contributed by atoms with E-state index < -0.39 is 74.6 Å². The molecule has 0 saturated carbocycles. The van der Waals surface area contributed by atoms with Crippen LogP contribution < -0.4 is 9.47 Å². The average Bonchev–Trinajstić information content (AvgIpc) is 3.01. The number of rotatable bonds is 17. The lowest BCUT2D eigenvalue weighted by molar-refractivity contribution is -0.279. The number of aliphatic hydroxyl groups is 8. The van der Waals surface area contributed by atoms with Crippen LogP contribution in [-0.2, 0) is 22.3 Å². The smallest absolute Gasteiger partial charge is 0.229 e. The summed E-state index contributed by atoms with van der Waals surface area (Å²) < 4.78 is 23.8. The summed E-state index contributed by atoms with van der Waals surface area (Å²) in [5.74, 6) is 1.53. The molecule has 0 radical (unpaired) electrons. The summed E-state index contributed by atoms with van der Waals surface area (Å²) in [6.07, 6.45) is -6.84. The van der Waals surface area contributed by atoms with Crippen molar-refractivity contribution in [3.8, 4) is 11.5 Å². The van der Waals surface area contributed by atoms with Crippen LogP contribution in [0, 0.1) is 11.8 Å². The first-order chi connectivity index (χ1) is 21.4. The first-order valence-electron chi connectivity index (χ1n) is 16.5. The van der Waals surface area contributed by atoms with Crippen molar-refractivity contribution >= 4 is 0 Å². The van der Waals surface area contributed by atoms with Crippen molar-refractivity contribution in [2.75, 3.05) is 13.2 Å². The van der Waals surface area contributed by atoms with Gasteiger partial charge in [0.2, 0.25) is 12.6 Å². The summed E-state index contributed by atoms with van der Waals surface area (Å²) in [6, 6.07) is 3.63. The topological polar surface area (TPSA) is 199 Å². The minimum atomic E-state index is -1.62. The number of aryl methyl sites for hydroxylation is 1. The van der Waals surface area contributed by atoms with Gasteiger partial charge < -0.3 is 59.8 Å². The van der Waals surface area contributed by atoms with Gasteiger partial charge in [-0.1, -0.05) is 59.8 Å². The van der Waals surface area contributed by atoms with E-state index in [1.54, 1.807) is 0 Å². The Morgan fingerprint density at radius 1 is 0.644 bits per heavy atom. The molecule has 1 aromatic rings. The Morgan fingerprint density at radius 3 is 1.60 bits per heavy atom. The lowest BCUT2D eigenvalue weighted by Gasteiger charge is -2.40. The van der Waals surface area contributed by atoms with Crippen LogP contribution in [0.5, 0.6) is 11.5 Å². The molecule has 260 valence electrons. The summed E-state index contributed by atoms with van der Waals surface area (Å²) in [5, 5.41) is 82.3. The number of hydrogen-bond acceptors (Lipinski definition) is 12. The third-order valence-corrected chi connectivity index (χ3v) is 8.85. The van der Waals surface area contributed by atoms with Crippen molar-refractivity contribution in [3.63, 3.8) is 0 Å². The monoisotopic (exact) mass is 644 g/mol. The van der Waals surface area contributed by atoms with Crippen LogP contribution in [-0.4, -0.2) is 115 Å². The second kappa shape index (κ2) is 18.1. The van der Waals surface area contributed by atoms with Crippen molar-refractivity contribution < 1.29 is 59.8 Å². The minimum Gasteiger partial charge on any atom is -0.462 e. The Labute approximate surface area is 266 Å². The summed E-state index contributed by atoms with van der Waals surface area (Å²) in [6.45, 7) is 7.43. The van der Waals surface area contributed by atoms with Crippen LogP contribution in [0.2, 0.25) is 0 Å². The van der Waals surface area contributed by atoms with Crippen LogP contribution in [0.3, 0.4) is 0 Å². The molecule has 45 heavy (non-hydrogen) atoms. The van der Waals surface area contributed by atoms with Crippen LogP contribution in [0.25, 0.3) is 0 Å². The normalized spacial score (nSPS) is 32.9. The summed E-state index contributed by atoms with van der Waals surface area (Å²) in [7, 11) is 0. The van der Waals surface area contributed by atoms with Crippen molar-refractivity contribution in [1.29, 1.82) is 0 Å². The van der Waals surface area contributed by atoms with E-state index in [9.17, 15) is 40.9 Å². The number of unbranched alkanes of at least 4 members (excludes halogenated alkanes) is 2. The Morgan fingerprint density at radius 2 is 1.16 bits per heavy atom. The molecule has 8 N–H and O–H groups in total. The maximum absolute atomic E-state index is 10.8. The molecule has 0 aromatic heterocycles. The number of aliphatic hydroxyl groups excluding tert-OH is 8. The lowest BCUT2D eigenvalue weighted by Crippen LogP contribution is -2.60. The molecule has 2 aliphatic heterocycles. The van der Waals surface area contributed by atoms with Crippen LogP contribution in [0.4, 0.5) is 0 Å². The highest BCUT2D eigenvalue weighted by atomic mass is 16.7. The third kappa shape index (κ3) is 10.2. The van der Waals surface area contributed by atoms with Gasteiger partial charge in [-0.2, -0.15) is 0 Å². The minimum absolute atomic E-state index is 0.294. The van der Waals surface area contributed by atoms with Gasteiger partial charge in [-0.05, 0) is 55.2 Å². The lowest BCUT2D eigenvalue weighted by atomic mass is 9.92. The summed E-state index contributed by atoms with van der Waals surface area (Å²) >= 11 is 0. The average molecular weight is 645 g/mol. The first-order valence-corrected chi connectivity index (χ1v) is 16.5. The third-order valence-electron chi connectivity index (χ3n) is 8.85. The van der Waals surface area contributed by atoms with Gasteiger partial charge in [0.25, 0.3) is 0 Å². The van der Waals surface area contributed by atoms with E-state index >= 15 is 0 Å². The van der Waals surface area contributed by atoms with E-state index in [2.05, 4.69) is 27.7 Å². The zero-order valence-corrected chi connectivity index (χ0v) is 27.1. The molecule has 2 aliphatic rings. The van der Waals surface area contributed by atoms with E-state index in [4.69, 9.17) is 18.9 Å². The molecule has 12 nitrogen and oxygen atoms in total. The Hall–Kier alpha value is -1.58. The molecule has 2 heterocycles. The molecule has 2 saturated heterocycles. The highest BCUT2D eigenvalue weighted by molar-refractivity contribution is 5.49. The second-order valence-corrected chi connectivity index (χ2v) is 13.1. The molecule has 0 aliphatic carbocycles.